The molecule has 1 fully saturated rings. The van der Waals surface area contributed by atoms with Crippen molar-refractivity contribution in [3.05, 3.63) is 34.9 Å². The van der Waals surface area contributed by atoms with Crippen LogP contribution in [0.2, 0.25) is 5.02 Å². The molecule has 1 saturated heterocycles. The molecule has 2 unspecified atom stereocenters. The number of ether oxygens (including phenoxy) is 1. The van der Waals surface area contributed by atoms with Crippen LogP contribution in [0.4, 0.5) is 0 Å². The summed E-state index contributed by atoms with van der Waals surface area (Å²) in [6.07, 6.45) is 1.00. The third kappa shape index (κ3) is 6.97. The fraction of sp³-hybridized carbons (Fsp3) is 0.500. The second kappa shape index (κ2) is 11.1. The maximum absolute atomic E-state index is 12.3. The Kier molecular flexibility index (Phi) is 8.85. The van der Waals surface area contributed by atoms with Crippen LogP contribution in [0.25, 0.3) is 0 Å². The van der Waals surface area contributed by atoms with Crippen molar-refractivity contribution in [3.8, 4) is 0 Å². The zero-order valence-corrected chi connectivity index (χ0v) is 18.1. The summed E-state index contributed by atoms with van der Waals surface area (Å²) in [7, 11) is 0. The highest BCUT2D eigenvalue weighted by atomic mass is 35.5. The zero-order valence-electron chi connectivity index (χ0n) is 16.6. The molecule has 9 heteroatoms. The van der Waals surface area contributed by atoms with Gasteiger partial charge in [-0.2, -0.15) is 0 Å². The molecule has 7 nitrogen and oxygen atoms in total. The summed E-state index contributed by atoms with van der Waals surface area (Å²) < 4.78 is 5.27. The van der Waals surface area contributed by atoms with E-state index in [0.717, 1.165) is 5.56 Å². The number of amides is 2. The van der Waals surface area contributed by atoms with Gasteiger partial charge in [0.15, 0.2) is 5.11 Å². The van der Waals surface area contributed by atoms with Crippen molar-refractivity contribution >= 4 is 46.7 Å². The highest BCUT2D eigenvalue weighted by molar-refractivity contribution is 7.80. The number of hydrogen-bond acceptors (Lipinski definition) is 5. The largest absolute Gasteiger partial charge is 0.463 e. The summed E-state index contributed by atoms with van der Waals surface area (Å²) in [4.78, 5) is 38.3. The van der Waals surface area contributed by atoms with E-state index in [4.69, 9.17) is 28.6 Å². The molecule has 0 spiro atoms. The maximum atomic E-state index is 12.3. The summed E-state index contributed by atoms with van der Waals surface area (Å²) in [6, 6.07) is 6.52. The van der Waals surface area contributed by atoms with E-state index in [1.807, 2.05) is 25.1 Å². The van der Waals surface area contributed by atoms with Crippen LogP contribution in [0, 0.1) is 0 Å². The van der Waals surface area contributed by atoms with Crippen molar-refractivity contribution < 1.29 is 19.1 Å². The molecule has 2 rings (SSSR count). The molecule has 0 aromatic heterocycles. The third-order valence-electron chi connectivity index (χ3n) is 4.68. The molecule has 1 aromatic carbocycles. The Morgan fingerprint density at radius 1 is 1.41 bits per heavy atom. The van der Waals surface area contributed by atoms with Crippen LogP contribution in [0.1, 0.15) is 38.7 Å². The van der Waals surface area contributed by atoms with E-state index >= 15 is 0 Å². The Labute approximate surface area is 181 Å². The van der Waals surface area contributed by atoms with Gasteiger partial charge in [0.25, 0.3) is 0 Å². The summed E-state index contributed by atoms with van der Waals surface area (Å²) in [5.74, 6) is -1.06. The van der Waals surface area contributed by atoms with Crippen molar-refractivity contribution in [1.29, 1.82) is 0 Å². The monoisotopic (exact) mass is 439 g/mol. The molecule has 29 heavy (non-hydrogen) atoms. The van der Waals surface area contributed by atoms with Crippen molar-refractivity contribution in [3.63, 3.8) is 0 Å². The van der Waals surface area contributed by atoms with E-state index in [9.17, 15) is 14.4 Å². The summed E-state index contributed by atoms with van der Waals surface area (Å²) in [6.45, 7) is 4.48. The van der Waals surface area contributed by atoms with Gasteiger partial charge >= 0.3 is 5.97 Å². The first-order chi connectivity index (χ1) is 13.8. The molecule has 1 heterocycles. The van der Waals surface area contributed by atoms with Gasteiger partial charge in [-0.15, -0.1) is 0 Å². The average Bonchev–Trinajstić information content (AvgIpc) is 2.68. The molecule has 1 aromatic rings. The van der Waals surface area contributed by atoms with Gasteiger partial charge in [-0.3, -0.25) is 14.4 Å². The minimum atomic E-state index is -0.809. The van der Waals surface area contributed by atoms with Crippen LogP contribution in [0.15, 0.2) is 24.3 Å². The number of esters is 1. The van der Waals surface area contributed by atoms with Gasteiger partial charge in [0.05, 0.1) is 12.5 Å². The van der Waals surface area contributed by atoms with E-state index in [-0.39, 0.29) is 35.9 Å². The lowest BCUT2D eigenvalue weighted by Gasteiger charge is -2.36. The molecule has 2 N–H and O–H groups in total. The van der Waals surface area contributed by atoms with Crippen LogP contribution < -0.4 is 10.6 Å². The quantitative estimate of drug-likeness (QED) is 0.500. The van der Waals surface area contributed by atoms with E-state index in [1.54, 1.807) is 17.9 Å². The number of nitrogens with zero attached hydrogens (tertiary/aromatic N) is 1. The molecular formula is C20H26ClN3O4S. The number of hydrogen-bond donors (Lipinski definition) is 2. The number of piperazine rings is 1. The van der Waals surface area contributed by atoms with Crippen LogP contribution in [0.3, 0.4) is 0 Å². The second-order valence-corrected chi connectivity index (χ2v) is 7.65. The molecule has 0 aliphatic carbocycles. The third-order valence-corrected chi connectivity index (χ3v) is 5.39. The number of thiocarbonyl (C=S) groups is 1. The van der Waals surface area contributed by atoms with Crippen LogP contribution in [-0.2, 0) is 25.5 Å². The van der Waals surface area contributed by atoms with Crippen LogP contribution in [-0.4, -0.2) is 53.0 Å². The number of carbonyl (C=O) groups is 3. The van der Waals surface area contributed by atoms with Crippen molar-refractivity contribution in [2.75, 3.05) is 13.1 Å². The Morgan fingerprint density at radius 2 is 2.14 bits per heavy atom. The van der Waals surface area contributed by atoms with Gasteiger partial charge in [0.2, 0.25) is 11.8 Å². The Hall–Kier alpha value is -2.19. The lowest BCUT2D eigenvalue weighted by atomic mass is 10.1. The second-order valence-electron chi connectivity index (χ2n) is 6.86. The molecule has 1 aliphatic rings. The normalized spacial score (nSPS) is 17.3. The standard InChI is InChI=1S/C20H26ClN3O4S/c1-3-13(2)28-18(26)12-16-19(27)22-10-11-24(16)20(29)23-17(25)9-8-14-6-4-5-7-15(14)21/h4-7,13,16H,3,8-12H2,1-2H3,(H,22,27)(H,23,25,29). The van der Waals surface area contributed by atoms with Crippen molar-refractivity contribution in [1.82, 2.24) is 15.5 Å². The number of aryl methyl sites for hydroxylation is 1. The molecule has 0 saturated carbocycles. The Bertz CT molecular complexity index is 774. The van der Waals surface area contributed by atoms with Crippen LogP contribution in [0.5, 0.6) is 0 Å². The number of rotatable bonds is 7. The molecule has 158 valence electrons. The highest BCUT2D eigenvalue weighted by Gasteiger charge is 2.34. The maximum Gasteiger partial charge on any atom is 0.308 e. The lowest BCUT2D eigenvalue weighted by molar-refractivity contribution is -0.151. The lowest BCUT2D eigenvalue weighted by Crippen LogP contribution is -2.60. The van der Waals surface area contributed by atoms with E-state index in [2.05, 4.69) is 10.6 Å². The Balaban J connectivity index is 1.93. The van der Waals surface area contributed by atoms with E-state index in [0.29, 0.717) is 31.0 Å². The first-order valence-electron chi connectivity index (χ1n) is 9.62. The minimum absolute atomic E-state index is 0.130. The topological polar surface area (TPSA) is 87.7 Å². The summed E-state index contributed by atoms with van der Waals surface area (Å²) in [5, 5.41) is 6.12. The average molecular weight is 440 g/mol. The van der Waals surface area contributed by atoms with E-state index in [1.165, 1.54) is 0 Å². The SMILES string of the molecule is CCC(C)OC(=O)CC1C(=O)NCCN1C(=S)NC(=O)CCc1ccccc1Cl. The molecule has 0 bridgehead atoms. The fourth-order valence-electron chi connectivity index (χ4n) is 2.88. The van der Waals surface area contributed by atoms with Crippen LogP contribution >= 0.6 is 23.8 Å². The van der Waals surface area contributed by atoms with Crippen molar-refractivity contribution in [2.24, 2.45) is 0 Å². The minimum Gasteiger partial charge on any atom is -0.463 e. The predicted molar refractivity (Wildman–Crippen MR) is 114 cm³/mol. The van der Waals surface area contributed by atoms with Gasteiger partial charge < -0.3 is 20.3 Å². The van der Waals surface area contributed by atoms with E-state index < -0.39 is 12.0 Å². The summed E-state index contributed by atoms with van der Waals surface area (Å²) >= 11 is 11.4. The Morgan fingerprint density at radius 3 is 2.83 bits per heavy atom. The van der Waals surface area contributed by atoms with Gasteiger partial charge in [-0.05, 0) is 43.6 Å². The summed E-state index contributed by atoms with van der Waals surface area (Å²) in [5.41, 5.74) is 0.873. The molecular weight excluding hydrogens is 414 g/mol. The predicted octanol–water partition coefficient (Wildman–Crippen LogP) is 2.21. The number of halogens is 1. The zero-order chi connectivity index (χ0) is 21.4. The van der Waals surface area contributed by atoms with Gasteiger partial charge in [-0.1, -0.05) is 36.7 Å². The molecule has 0 radical (unpaired) electrons. The van der Waals surface area contributed by atoms with Gasteiger partial charge in [-0.25, -0.2) is 0 Å². The smallest absolute Gasteiger partial charge is 0.308 e. The molecule has 1 aliphatic heterocycles. The van der Waals surface area contributed by atoms with Gasteiger partial charge in [0.1, 0.15) is 6.04 Å². The first kappa shape index (κ1) is 23.1. The molecule has 2 atom stereocenters. The molecule has 2 amide bonds. The van der Waals surface area contributed by atoms with Gasteiger partial charge in [0, 0.05) is 24.5 Å². The number of carbonyl (C=O) groups excluding carboxylic acids is 3. The number of nitrogens with one attached hydrogen (secondary N) is 2. The van der Waals surface area contributed by atoms with Crippen molar-refractivity contribution in [2.45, 2.75) is 51.7 Å². The first-order valence-corrected chi connectivity index (χ1v) is 10.4. The highest BCUT2D eigenvalue weighted by Crippen LogP contribution is 2.17. The fourth-order valence-corrected chi connectivity index (χ4v) is 3.44. The number of benzene rings is 1.